The average molecular weight is 253 g/mol. The minimum Gasteiger partial charge on any atom is -0.330 e. The van der Waals surface area contributed by atoms with E-state index in [1.807, 2.05) is 13.8 Å². The van der Waals surface area contributed by atoms with Crippen molar-refractivity contribution < 1.29 is 9.05 Å². The maximum absolute atomic E-state index is 5.59. The third kappa shape index (κ3) is 6.64. The summed E-state index contributed by atoms with van der Waals surface area (Å²) >= 11 is 5.45. The molecule has 0 aliphatic heterocycles. The Morgan fingerprint density at radius 3 is 1.80 bits per heavy atom. The molecule has 0 atom stereocenters. The lowest BCUT2D eigenvalue weighted by molar-refractivity contribution is 0.257. The molecule has 3 nitrogen and oxygen atoms in total. The Morgan fingerprint density at radius 1 is 1.00 bits per heavy atom. The zero-order valence-corrected chi connectivity index (χ0v) is 12.1. The van der Waals surface area contributed by atoms with Crippen LogP contribution in [0.15, 0.2) is 0 Å². The molecule has 0 aliphatic carbocycles. The van der Waals surface area contributed by atoms with E-state index in [1.54, 1.807) is 0 Å². The van der Waals surface area contributed by atoms with Crippen molar-refractivity contribution in [1.82, 2.24) is 4.90 Å². The van der Waals surface area contributed by atoms with Gasteiger partial charge in [0.15, 0.2) is 6.49 Å². The fourth-order valence-electron chi connectivity index (χ4n) is 1.36. The molecule has 0 aromatic rings. The van der Waals surface area contributed by atoms with Crippen LogP contribution in [0.3, 0.4) is 0 Å². The van der Waals surface area contributed by atoms with Crippen LogP contribution in [0.2, 0.25) is 0 Å². The van der Waals surface area contributed by atoms with Crippen LogP contribution in [0.5, 0.6) is 0 Å². The molecule has 0 spiro atoms. The monoisotopic (exact) mass is 253 g/mol. The molecule has 0 radical (unpaired) electrons. The van der Waals surface area contributed by atoms with Crippen molar-refractivity contribution in [3.05, 3.63) is 0 Å². The normalized spacial score (nSPS) is 12.3. The van der Waals surface area contributed by atoms with Crippen molar-refractivity contribution in [3.63, 3.8) is 0 Å². The Labute approximate surface area is 99.3 Å². The van der Waals surface area contributed by atoms with Gasteiger partial charge in [-0.15, -0.1) is 0 Å². The Hall–Kier alpha value is 0.530. The van der Waals surface area contributed by atoms with Gasteiger partial charge in [-0.1, -0.05) is 13.8 Å². The standard InChI is InChI=1S/C10H24NO2PS/c1-5-11(6-2)9-10-14(15,12-7-3)13-8-4/h5-10H2,1-4H3. The van der Waals surface area contributed by atoms with E-state index in [4.69, 9.17) is 20.9 Å². The molecule has 0 fully saturated rings. The molecule has 15 heavy (non-hydrogen) atoms. The van der Waals surface area contributed by atoms with Crippen molar-refractivity contribution >= 4 is 18.3 Å². The summed E-state index contributed by atoms with van der Waals surface area (Å²) in [6, 6.07) is 0. The fraction of sp³-hybridized carbons (Fsp3) is 1.00. The van der Waals surface area contributed by atoms with E-state index in [1.165, 1.54) is 0 Å². The highest BCUT2D eigenvalue weighted by Crippen LogP contribution is 2.48. The Kier molecular flexibility index (Phi) is 8.96. The van der Waals surface area contributed by atoms with E-state index in [9.17, 15) is 0 Å². The second-order valence-corrected chi connectivity index (χ2v) is 7.05. The Balaban J connectivity index is 4.10. The maximum Gasteiger partial charge on any atom is 0.189 e. The van der Waals surface area contributed by atoms with Crippen molar-refractivity contribution in [1.29, 1.82) is 0 Å². The molecule has 0 aromatic carbocycles. The van der Waals surface area contributed by atoms with Gasteiger partial charge in [-0.3, -0.25) is 0 Å². The molecule has 0 aliphatic rings. The van der Waals surface area contributed by atoms with Crippen LogP contribution < -0.4 is 0 Å². The van der Waals surface area contributed by atoms with Gasteiger partial charge in [0.25, 0.3) is 0 Å². The topological polar surface area (TPSA) is 21.7 Å². The highest BCUT2D eigenvalue weighted by Gasteiger charge is 2.18. The minimum atomic E-state index is -2.01. The summed E-state index contributed by atoms with van der Waals surface area (Å²) in [6.45, 7) is 10.6. The van der Waals surface area contributed by atoms with Crippen molar-refractivity contribution in [2.45, 2.75) is 27.7 Å². The van der Waals surface area contributed by atoms with Gasteiger partial charge in [-0.05, 0) is 38.7 Å². The molecule has 0 saturated carbocycles. The molecule has 0 saturated heterocycles. The Morgan fingerprint density at radius 2 is 1.47 bits per heavy atom. The van der Waals surface area contributed by atoms with E-state index >= 15 is 0 Å². The molecule has 5 heteroatoms. The first-order chi connectivity index (χ1) is 7.11. The predicted molar refractivity (Wildman–Crippen MR) is 70.2 cm³/mol. The van der Waals surface area contributed by atoms with Crippen molar-refractivity contribution in [2.24, 2.45) is 0 Å². The fourth-order valence-corrected chi connectivity index (χ4v) is 3.89. The minimum absolute atomic E-state index is 0.648. The second-order valence-electron chi connectivity index (χ2n) is 3.20. The van der Waals surface area contributed by atoms with Crippen LogP contribution in [-0.2, 0) is 20.9 Å². The first-order valence-electron chi connectivity index (χ1n) is 5.72. The summed E-state index contributed by atoms with van der Waals surface area (Å²) in [6.07, 6.45) is 0.853. The van der Waals surface area contributed by atoms with E-state index < -0.39 is 6.49 Å². The third-order valence-electron chi connectivity index (χ3n) is 2.24. The van der Waals surface area contributed by atoms with Gasteiger partial charge < -0.3 is 13.9 Å². The molecular weight excluding hydrogens is 229 g/mol. The average Bonchev–Trinajstić information content (AvgIpc) is 2.20. The van der Waals surface area contributed by atoms with E-state index in [2.05, 4.69) is 18.7 Å². The molecule has 0 heterocycles. The quantitative estimate of drug-likeness (QED) is 0.589. The SMILES string of the molecule is CCOP(=S)(CCN(CC)CC)OCC. The predicted octanol–water partition coefficient (Wildman–Crippen LogP) is 2.71. The van der Waals surface area contributed by atoms with Crippen LogP contribution >= 0.6 is 6.49 Å². The molecular formula is C10H24NO2PS. The molecule has 0 aromatic heterocycles. The summed E-state index contributed by atoms with van der Waals surface area (Å²) in [5.41, 5.74) is 0. The molecule has 0 rings (SSSR count). The molecule has 0 unspecified atom stereocenters. The van der Waals surface area contributed by atoms with Gasteiger partial charge in [-0.25, -0.2) is 0 Å². The largest absolute Gasteiger partial charge is 0.330 e. The molecule has 0 bridgehead atoms. The highest BCUT2D eigenvalue weighted by atomic mass is 32.5. The molecule has 92 valence electrons. The summed E-state index contributed by atoms with van der Waals surface area (Å²) < 4.78 is 11.2. The van der Waals surface area contributed by atoms with Crippen molar-refractivity contribution in [3.8, 4) is 0 Å². The van der Waals surface area contributed by atoms with Crippen LogP contribution in [-0.4, -0.2) is 43.9 Å². The van der Waals surface area contributed by atoms with Crippen LogP contribution in [0.4, 0.5) is 0 Å². The first-order valence-corrected chi connectivity index (χ1v) is 8.54. The van der Waals surface area contributed by atoms with Gasteiger partial charge in [0.05, 0.1) is 13.2 Å². The number of hydrogen-bond donors (Lipinski definition) is 0. The lowest BCUT2D eigenvalue weighted by Gasteiger charge is -2.25. The lowest BCUT2D eigenvalue weighted by Crippen LogP contribution is -2.26. The number of rotatable bonds is 9. The van der Waals surface area contributed by atoms with Crippen molar-refractivity contribution in [2.75, 3.05) is 39.0 Å². The van der Waals surface area contributed by atoms with E-state index in [-0.39, 0.29) is 0 Å². The van der Waals surface area contributed by atoms with Gasteiger partial charge >= 0.3 is 0 Å². The smallest absolute Gasteiger partial charge is 0.189 e. The summed E-state index contributed by atoms with van der Waals surface area (Å²) in [7, 11) is 0. The van der Waals surface area contributed by atoms with Crippen LogP contribution in [0, 0.1) is 0 Å². The zero-order chi connectivity index (χ0) is 11.7. The maximum atomic E-state index is 5.59. The molecule has 0 N–H and O–H groups in total. The number of hydrogen-bond acceptors (Lipinski definition) is 4. The number of nitrogens with zero attached hydrogens (tertiary/aromatic N) is 1. The van der Waals surface area contributed by atoms with Gasteiger partial charge in [-0.2, -0.15) is 0 Å². The summed E-state index contributed by atoms with van der Waals surface area (Å²) in [5, 5.41) is 0. The van der Waals surface area contributed by atoms with Gasteiger partial charge in [0, 0.05) is 12.7 Å². The summed E-state index contributed by atoms with van der Waals surface area (Å²) in [5.74, 6) is 0. The van der Waals surface area contributed by atoms with E-state index in [0.717, 1.165) is 25.8 Å². The van der Waals surface area contributed by atoms with Gasteiger partial charge in [0.1, 0.15) is 0 Å². The van der Waals surface area contributed by atoms with Gasteiger partial charge in [0.2, 0.25) is 0 Å². The second kappa shape index (κ2) is 8.66. The molecule has 0 amide bonds. The summed E-state index contributed by atoms with van der Waals surface area (Å²) in [4.78, 5) is 2.35. The van der Waals surface area contributed by atoms with Crippen LogP contribution in [0.25, 0.3) is 0 Å². The Bertz CT molecular complexity index is 188. The zero-order valence-electron chi connectivity index (χ0n) is 10.4. The van der Waals surface area contributed by atoms with E-state index in [0.29, 0.717) is 13.2 Å². The lowest BCUT2D eigenvalue weighted by atomic mass is 10.5. The first kappa shape index (κ1) is 15.5. The third-order valence-corrected chi connectivity index (χ3v) is 5.47. The van der Waals surface area contributed by atoms with Crippen LogP contribution in [0.1, 0.15) is 27.7 Å². The highest BCUT2D eigenvalue weighted by molar-refractivity contribution is 8.09.